The molecule has 0 unspecified atom stereocenters. The van der Waals surface area contributed by atoms with Gasteiger partial charge in [0.1, 0.15) is 0 Å². The molecular weight excluding hydrogens is 392 g/mol. The molecule has 0 bridgehead atoms. The van der Waals surface area contributed by atoms with Gasteiger partial charge in [0, 0.05) is 40.3 Å². The second-order valence-corrected chi connectivity index (χ2v) is 7.11. The first-order valence-corrected chi connectivity index (χ1v) is 10.7. The molecule has 0 saturated heterocycles. The number of rotatable bonds is 5. The Bertz CT molecular complexity index is 1090. The van der Waals surface area contributed by atoms with E-state index in [9.17, 15) is 4.79 Å². The number of anilines is 3. The molecule has 152 valence electrons. The van der Waals surface area contributed by atoms with E-state index in [1.807, 2.05) is 74.7 Å². The van der Waals surface area contributed by atoms with E-state index in [0.29, 0.717) is 5.56 Å². The summed E-state index contributed by atoms with van der Waals surface area (Å²) in [5.74, 6) is -0.136. The number of carbonyl (C=O) groups is 1. The summed E-state index contributed by atoms with van der Waals surface area (Å²) in [6.07, 6.45) is 3.54. The first kappa shape index (κ1) is 21.2. The van der Waals surface area contributed by atoms with Gasteiger partial charge < -0.3 is 10.6 Å². The van der Waals surface area contributed by atoms with Crippen molar-refractivity contribution in [1.82, 2.24) is 9.97 Å². The number of aryl methyl sites for hydroxylation is 1. The van der Waals surface area contributed by atoms with Crippen molar-refractivity contribution in [2.24, 2.45) is 0 Å². The molecule has 2 N–H and O–H groups in total. The zero-order valence-corrected chi connectivity index (χ0v) is 18.0. The van der Waals surface area contributed by atoms with Crippen molar-refractivity contribution in [1.29, 1.82) is 0 Å². The maximum Gasteiger partial charge on any atom is 0.255 e. The first-order valence-electron chi connectivity index (χ1n) is 9.79. The van der Waals surface area contributed by atoms with Gasteiger partial charge in [0.25, 0.3) is 5.91 Å². The Morgan fingerprint density at radius 1 is 1.00 bits per heavy atom. The molecule has 2 aromatic heterocycles. The van der Waals surface area contributed by atoms with Gasteiger partial charge in [0.05, 0.1) is 5.69 Å². The predicted octanol–water partition coefficient (Wildman–Crippen LogP) is 6.54. The summed E-state index contributed by atoms with van der Waals surface area (Å²) in [5.41, 5.74) is 5.18. The lowest BCUT2D eigenvalue weighted by Crippen LogP contribution is -2.11. The van der Waals surface area contributed by atoms with Crippen LogP contribution in [0.25, 0.3) is 11.3 Å². The van der Waals surface area contributed by atoms with Crippen molar-refractivity contribution < 1.29 is 4.79 Å². The molecule has 30 heavy (non-hydrogen) atoms. The fraction of sp³-hybridized carbons (Fsp3) is 0.125. The number of amides is 1. The number of nitrogens with zero attached hydrogens (tertiary/aromatic N) is 2. The SMILES string of the molecule is CC.Cc1ccc(NC(=O)c2ccccc2)cc1Nc1nc(-c2cccnc2)cs1. The number of aromatic nitrogens is 2. The standard InChI is InChI=1S/C22H18N4OS.C2H6/c1-15-9-10-18(24-21(27)16-6-3-2-4-7-16)12-19(15)25-22-26-20(14-28-22)17-8-5-11-23-13-17;1-2/h2-14H,1H3,(H,24,27)(H,25,26);1-2H3. The number of thiazole rings is 1. The molecule has 0 spiro atoms. The molecule has 4 aromatic rings. The highest BCUT2D eigenvalue weighted by Gasteiger charge is 2.09. The fourth-order valence-electron chi connectivity index (χ4n) is 2.72. The van der Waals surface area contributed by atoms with E-state index in [2.05, 4.69) is 20.6 Å². The highest BCUT2D eigenvalue weighted by Crippen LogP contribution is 2.29. The summed E-state index contributed by atoms with van der Waals surface area (Å²) in [7, 11) is 0. The Kier molecular flexibility index (Phi) is 7.29. The smallest absolute Gasteiger partial charge is 0.255 e. The van der Waals surface area contributed by atoms with Crippen LogP contribution in [-0.2, 0) is 0 Å². The maximum atomic E-state index is 12.4. The average Bonchev–Trinajstić information content (AvgIpc) is 3.27. The Morgan fingerprint density at radius 3 is 2.53 bits per heavy atom. The van der Waals surface area contributed by atoms with E-state index >= 15 is 0 Å². The molecule has 0 aliphatic rings. The Balaban J connectivity index is 0.00000124. The van der Waals surface area contributed by atoms with Crippen molar-refractivity contribution in [3.8, 4) is 11.3 Å². The van der Waals surface area contributed by atoms with Crippen molar-refractivity contribution in [3.63, 3.8) is 0 Å². The van der Waals surface area contributed by atoms with E-state index in [1.165, 1.54) is 11.3 Å². The van der Waals surface area contributed by atoms with Gasteiger partial charge >= 0.3 is 0 Å². The summed E-state index contributed by atoms with van der Waals surface area (Å²) in [6.45, 7) is 6.01. The lowest BCUT2D eigenvalue weighted by molar-refractivity contribution is 0.102. The second-order valence-electron chi connectivity index (χ2n) is 6.25. The third-order valence-corrected chi connectivity index (χ3v) is 4.99. The van der Waals surface area contributed by atoms with Gasteiger partial charge in [-0.05, 0) is 48.9 Å². The molecule has 5 nitrogen and oxygen atoms in total. The van der Waals surface area contributed by atoms with E-state index in [0.717, 1.165) is 33.3 Å². The minimum absolute atomic E-state index is 0.136. The van der Waals surface area contributed by atoms with Crippen molar-refractivity contribution >= 4 is 33.8 Å². The molecule has 2 heterocycles. The second kappa shape index (κ2) is 10.3. The van der Waals surface area contributed by atoms with Crippen LogP contribution in [0.15, 0.2) is 78.4 Å². The van der Waals surface area contributed by atoms with Crippen LogP contribution in [0.4, 0.5) is 16.5 Å². The highest BCUT2D eigenvalue weighted by atomic mass is 32.1. The van der Waals surface area contributed by atoms with Gasteiger partial charge in [0.2, 0.25) is 0 Å². The zero-order chi connectivity index (χ0) is 21.3. The summed E-state index contributed by atoms with van der Waals surface area (Å²) in [4.78, 5) is 21.2. The molecule has 0 radical (unpaired) electrons. The molecule has 4 rings (SSSR count). The van der Waals surface area contributed by atoms with Gasteiger partial charge in [-0.25, -0.2) is 4.98 Å². The first-order chi connectivity index (χ1) is 14.7. The summed E-state index contributed by atoms with van der Waals surface area (Å²) < 4.78 is 0. The Hall–Kier alpha value is -3.51. The largest absolute Gasteiger partial charge is 0.331 e. The Morgan fingerprint density at radius 2 is 1.80 bits per heavy atom. The van der Waals surface area contributed by atoms with Crippen LogP contribution >= 0.6 is 11.3 Å². The van der Waals surface area contributed by atoms with Gasteiger partial charge in [-0.1, -0.05) is 38.1 Å². The average molecular weight is 417 g/mol. The van der Waals surface area contributed by atoms with Gasteiger partial charge in [0.15, 0.2) is 5.13 Å². The van der Waals surface area contributed by atoms with Crippen LogP contribution < -0.4 is 10.6 Å². The third kappa shape index (κ3) is 5.30. The van der Waals surface area contributed by atoms with Crippen molar-refractivity contribution in [3.05, 3.63) is 89.6 Å². The van der Waals surface area contributed by atoms with Crippen LogP contribution in [0.1, 0.15) is 29.8 Å². The lowest BCUT2D eigenvalue weighted by Gasteiger charge is -2.11. The summed E-state index contributed by atoms with van der Waals surface area (Å²) in [6, 6.07) is 18.8. The molecule has 0 aliphatic heterocycles. The minimum Gasteiger partial charge on any atom is -0.331 e. The zero-order valence-electron chi connectivity index (χ0n) is 17.2. The number of carbonyl (C=O) groups excluding carboxylic acids is 1. The van der Waals surface area contributed by atoms with Crippen LogP contribution in [0.2, 0.25) is 0 Å². The van der Waals surface area contributed by atoms with Crippen LogP contribution in [-0.4, -0.2) is 15.9 Å². The molecule has 0 atom stereocenters. The normalized spacial score (nSPS) is 9.97. The summed E-state index contributed by atoms with van der Waals surface area (Å²) in [5, 5.41) is 9.07. The minimum atomic E-state index is -0.136. The molecule has 2 aromatic carbocycles. The number of hydrogen-bond acceptors (Lipinski definition) is 5. The van der Waals surface area contributed by atoms with E-state index in [-0.39, 0.29) is 5.91 Å². The number of hydrogen-bond donors (Lipinski definition) is 2. The van der Waals surface area contributed by atoms with Gasteiger partial charge in [-0.2, -0.15) is 0 Å². The van der Waals surface area contributed by atoms with E-state index in [1.54, 1.807) is 24.5 Å². The molecule has 1 amide bonds. The van der Waals surface area contributed by atoms with Crippen molar-refractivity contribution in [2.75, 3.05) is 10.6 Å². The van der Waals surface area contributed by atoms with Crippen LogP contribution in [0.3, 0.4) is 0 Å². The van der Waals surface area contributed by atoms with Crippen LogP contribution in [0.5, 0.6) is 0 Å². The van der Waals surface area contributed by atoms with Crippen molar-refractivity contribution in [2.45, 2.75) is 20.8 Å². The monoisotopic (exact) mass is 416 g/mol. The molecule has 0 fully saturated rings. The Labute approximate surface area is 180 Å². The summed E-state index contributed by atoms with van der Waals surface area (Å²) >= 11 is 1.53. The third-order valence-electron chi connectivity index (χ3n) is 4.23. The van der Waals surface area contributed by atoms with E-state index in [4.69, 9.17) is 0 Å². The van der Waals surface area contributed by atoms with E-state index < -0.39 is 0 Å². The maximum absolute atomic E-state index is 12.4. The number of nitrogens with one attached hydrogen (secondary N) is 2. The van der Waals surface area contributed by atoms with Gasteiger partial charge in [-0.15, -0.1) is 11.3 Å². The quantitative estimate of drug-likeness (QED) is 0.388. The molecule has 0 aliphatic carbocycles. The molecular formula is C24H24N4OS. The number of benzene rings is 2. The lowest BCUT2D eigenvalue weighted by atomic mass is 10.1. The van der Waals surface area contributed by atoms with Gasteiger partial charge in [-0.3, -0.25) is 9.78 Å². The number of pyridine rings is 1. The predicted molar refractivity (Wildman–Crippen MR) is 126 cm³/mol. The fourth-order valence-corrected chi connectivity index (χ4v) is 3.45. The highest BCUT2D eigenvalue weighted by molar-refractivity contribution is 7.14. The van der Waals surface area contributed by atoms with Crippen LogP contribution in [0, 0.1) is 6.92 Å². The molecule has 6 heteroatoms. The topological polar surface area (TPSA) is 66.9 Å². The molecule has 0 saturated carbocycles.